The van der Waals surface area contributed by atoms with Gasteiger partial charge in [0, 0.05) is 39.9 Å². The first-order chi connectivity index (χ1) is 12.8. The Balaban J connectivity index is 1.95. The summed E-state index contributed by atoms with van der Waals surface area (Å²) in [6, 6.07) is 8.73. The molecule has 2 rings (SSSR count). The van der Waals surface area contributed by atoms with Crippen LogP contribution in [-0.4, -0.2) is 48.6 Å². The predicted molar refractivity (Wildman–Crippen MR) is 107 cm³/mol. The number of rotatable bonds is 7. The van der Waals surface area contributed by atoms with Gasteiger partial charge in [-0.05, 0) is 37.6 Å². The van der Waals surface area contributed by atoms with E-state index >= 15 is 0 Å². The summed E-state index contributed by atoms with van der Waals surface area (Å²) in [7, 11) is 1.72. The Morgan fingerprint density at radius 3 is 2.33 bits per heavy atom. The van der Waals surface area contributed by atoms with Crippen LogP contribution < -0.4 is 10.6 Å². The molecule has 2 N–H and O–H groups in total. The first-order valence-electron chi connectivity index (χ1n) is 8.74. The summed E-state index contributed by atoms with van der Waals surface area (Å²) in [5.41, 5.74) is 2.01. The third kappa shape index (κ3) is 5.30. The molecule has 9 heteroatoms. The van der Waals surface area contributed by atoms with Gasteiger partial charge in [0.15, 0.2) is 5.96 Å². The van der Waals surface area contributed by atoms with E-state index < -0.39 is 10.0 Å². The highest BCUT2D eigenvalue weighted by atomic mass is 32.2. The molecular weight excluding hydrogens is 364 g/mol. The van der Waals surface area contributed by atoms with E-state index in [1.807, 2.05) is 39.1 Å². The summed E-state index contributed by atoms with van der Waals surface area (Å²) in [6.07, 6.45) is 1.75. The minimum Gasteiger partial charge on any atom is -0.352 e. The van der Waals surface area contributed by atoms with Gasteiger partial charge in [0.1, 0.15) is 0 Å². The van der Waals surface area contributed by atoms with Crippen molar-refractivity contribution < 1.29 is 8.42 Å². The number of guanidine groups is 1. The molecule has 2 aromatic rings. The van der Waals surface area contributed by atoms with E-state index in [9.17, 15) is 8.42 Å². The number of nitrogens with one attached hydrogen (secondary N) is 2. The van der Waals surface area contributed by atoms with E-state index in [0.29, 0.717) is 23.9 Å². The normalized spacial score (nSPS) is 12.6. The molecule has 0 aliphatic carbocycles. The van der Waals surface area contributed by atoms with Crippen molar-refractivity contribution >= 4 is 16.0 Å². The van der Waals surface area contributed by atoms with Crippen molar-refractivity contribution in [1.29, 1.82) is 0 Å². The summed E-state index contributed by atoms with van der Waals surface area (Å²) in [5, 5.41) is 10.6. The van der Waals surface area contributed by atoms with E-state index in [2.05, 4.69) is 20.7 Å². The maximum Gasteiger partial charge on any atom is 0.243 e. The number of sulfonamides is 1. The van der Waals surface area contributed by atoms with Crippen molar-refractivity contribution in [2.45, 2.75) is 37.9 Å². The van der Waals surface area contributed by atoms with E-state index in [4.69, 9.17) is 0 Å². The van der Waals surface area contributed by atoms with Gasteiger partial charge < -0.3 is 10.6 Å². The highest BCUT2D eigenvalue weighted by Crippen LogP contribution is 2.17. The molecule has 0 saturated heterocycles. The quantitative estimate of drug-likeness (QED) is 0.548. The van der Waals surface area contributed by atoms with Gasteiger partial charge in [0.25, 0.3) is 0 Å². The number of aryl methyl sites for hydroxylation is 1. The number of nitrogens with zero attached hydrogens (tertiary/aromatic N) is 4. The number of hydrogen-bond acceptors (Lipinski definition) is 4. The number of aromatic nitrogens is 2. The third-order valence-corrected chi connectivity index (χ3v) is 6.42. The Hall–Kier alpha value is -2.39. The molecular formula is C18H28N6O2S. The molecule has 148 valence electrons. The SMILES string of the molecule is CN=C(NCc1ccc(S(=O)(=O)N(C)C(C)C)cc1)NCc1ccnn1C. The van der Waals surface area contributed by atoms with Gasteiger partial charge in [0.05, 0.1) is 17.1 Å². The lowest BCUT2D eigenvalue weighted by Gasteiger charge is -2.21. The standard InChI is InChI=1S/C18H28N6O2S/c1-14(2)24(5)27(25,26)17-8-6-15(7-9-17)12-20-18(19-3)21-13-16-10-11-22-23(16)4/h6-11,14H,12-13H2,1-5H3,(H2,19,20,21). The minimum absolute atomic E-state index is 0.0924. The molecule has 8 nitrogen and oxygen atoms in total. The summed E-state index contributed by atoms with van der Waals surface area (Å²) in [5.74, 6) is 0.660. The predicted octanol–water partition coefficient (Wildman–Crippen LogP) is 1.31. The molecule has 0 fully saturated rings. The van der Waals surface area contributed by atoms with Crippen LogP contribution in [0.2, 0.25) is 0 Å². The van der Waals surface area contributed by atoms with E-state index in [1.54, 1.807) is 37.1 Å². The molecule has 1 heterocycles. The molecule has 0 spiro atoms. The summed E-state index contributed by atoms with van der Waals surface area (Å²) in [6.45, 7) is 4.83. The molecule has 1 aromatic carbocycles. The number of aliphatic imine (C=N–C) groups is 1. The van der Waals surface area contributed by atoms with Crippen molar-refractivity contribution in [3.05, 3.63) is 47.8 Å². The lowest BCUT2D eigenvalue weighted by molar-refractivity contribution is 0.410. The Morgan fingerprint density at radius 1 is 1.19 bits per heavy atom. The lowest BCUT2D eigenvalue weighted by Crippen LogP contribution is -2.36. The monoisotopic (exact) mass is 392 g/mol. The number of benzene rings is 1. The fourth-order valence-corrected chi connectivity index (χ4v) is 3.75. The number of hydrogen-bond donors (Lipinski definition) is 2. The van der Waals surface area contributed by atoms with Crippen LogP contribution in [0.15, 0.2) is 46.4 Å². The smallest absolute Gasteiger partial charge is 0.243 e. The Morgan fingerprint density at radius 2 is 1.81 bits per heavy atom. The van der Waals surface area contributed by atoms with Crippen LogP contribution in [0.25, 0.3) is 0 Å². The van der Waals surface area contributed by atoms with Crippen LogP contribution in [-0.2, 0) is 30.2 Å². The molecule has 0 atom stereocenters. The van der Waals surface area contributed by atoms with Crippen LogP contribution in [0.4, 0.5) is 0 Å². The molecule has 0 amide bonds. The Kier molecular flexibility index (Phi) is 6.98. The molecule has 0 radical (unpaired) electrons. The van der Waals surface area contributed by atoms with Gasteiger partial charge in [-0.2, -0.15) is 9.40 Å². The highest BCUT2D eigenvalue weighted by molar-refractivity contribution is 7.89. The average molecular weight is 393 g/mol. The maximum atomic E-state index is 12.5. The zero-order valence-corrected chi connectivity index (χ0v) is 17.3. The highest BCUT2D eigenvalue weighted by Gasteiger charge is 2.22. The zero-order chi connectivity index (χ0) is 20.0. The van der Waals surface area contributed by atoms with E-state index in [0.717, 1.165) is 11.3 Å². The molecule has 0 saturated carbocycles. The van der Waals surface area contributed by atoms with Crippen molar-refractivity contribution in [1.82, 2.24) is 24.7 Å². The third-order valence-electron chi connectivity index (χ3n) is 4.37. The Bertz CT molecular complexity index is 872. The zero-order valence-electron chi connectivity index (χ0n) is 16.5. The van der Waals surface area contributed by atoms with Gasteiger partial charge >= 0.3 is 0 Å². The van der Waals surface area contributed by atoms with Crippen molar-refractivity contribution in [3.63, 3.8) is 0 Å². The minimum atomic E-state index is -3.46. The average Bonchev–Trinajstić information content (AvgIpc) is 3.06. The lowest BCUT2D eigenvalue weighted by atomic mass is 10.2. The summed E-state index contributed by atoms with van der Waals surface area (Å²) < 4.78 is 28.2. The molecule has 0 aliphatic rings. The van der Waals surface area contributed by atoms with E-state index in [-0.39, 0.29) is 6.04 Å². The van der Waals surface area contributed by atoms with Gasteiger partial charge in [-0.25, -0.2) is 8.42 Å². The second-order valence-electron chi connectivity index (χ2n) is 6.48. The van der Waals surface area contributed by atoms with Crippen LogP contribution in [0.3, 0.4) is 0 Å². The fourth-order valence-electron chi connectivity index (χ4n) is 2.38. The second kappa shape index (κ2) is 9.01. The van der Waals surface area contributed by atoms with Crippen molar-refractivity contribution in [2.24, 2.45) is 12.0 Å². The Labute approximate surface area is 161 Å². The van der Waals surface area contributed by atoms with Gasteiger partial charge in [-0.15, -0.1) is 0 Å². The maximum absolute atomic E-state index is 12.5. The van der Waals surface area contributed by atoms with Gasteiger partial charge in [-0.3, -0.25) is 9.67 Å². The first-order valence-corrected chi connectivity index (χ1v) is 10.2. The molecule has 0 aliphatic heterocycles. The van der Waals surface area contributed by atoms with Gasteiger partial charge in [0.2, 0.25) is 10.0 Å². The molecule has 27 heavy (non-hydrogen) atoms. The van der Waals surface area contributed by atoms with Crippen molar-refractivity contribution in [3.8, 4) is 0 Å². The first kappa shape index (κ1) is 20.9. The summed E-state index contributed by atoms with van der Waals surface area (Å²) >= 11 is 0. The molecule has 0 unspecified atom stereocenters. The molecule has 1 aromatic heterocycles. The fraction of sp³-hybridized carbons (Fsp3) is 0.444. The van der Waals surface area contributed by atoms with Crippen LogP contribution in [0, 0.1) is 0 Å². The topological polar surface area (TPSA) is 91.6 Å². The van der Waals surface area contributed by atoms with Crippen LogP contribution >= 0.6 is 0 Å². The van der Waals surface area contributed by atoms with Crippen molar-refractivity contribution in [2.75, 3.05) is 14.1 Å². The van der Waals surface area contributed by atoms with E-state index in [1.165, 1.54) is 4.31 Å². The second-order valence-corrected chi connectivity index (χ2v) is 8.48. The summed E-state index contributed by atoms with van der Waals surface area (Å²) in [4.78, 5) is 4.49. The largest absolute Gasteiger partial charge is 0.352 e. The molecule has 0 bridgehead atoms. The van der Waals surface area contributed by atoms with Crippen LogP contribution in [0.1, 0.15) is 25.1 Å². The van der Waals surface area contributed by atoms with Gasteiger partial charge in [-0.1, -0.05) is 12.1 Å². The van der Waals surface area contributed by atoms with Crippen LogP contribution in [0.5, 0.6) is 0 Å².